The number of methoxy groups -OCH3 is 1. The Labute approximate surface area is 114 Å². The second-order valence-corrected chi connectivity index (χ2v) is 6.33. The van der Waals surface area contributed by atoms with Crippen LogP contribution < -0.4 is 5.32 Å². The van der Waals surface area contributed by atoms with Crippen LogP contribution >= 0.6 is 11.8 Å². The molecule has 0 bridgehead atoms. The van der Waals surface area contributed by atoms with Crippen LogP contribution in [-0.2, 0) is 9.53 Å². The summed E-state index contributed by atoms with van der Waals surface area (Å²) in [6.07, 6.45) is 2.11. The molecule has 2 fully saturated rings. The normalized spacial score (nSPS) is 31.8. The van der Waals surface area contributed by atoms with Crippen molar-refractivity contribution in [1.29, 1.82) is 0 Å². The molecule has 18 heavy (non-hydrogen) atoms. The second-order valence-electron chi connectivity index (χ2n) is 5.18. The van der Waals surface area contributed by atoms with Crippen molar-refractivity contribution in [2.75, 3.05) is 38.3 Å². The van der Waals surface area contributed by atoms with Crippen LogP contribution in [0.25, 0.3) is 0 Å². The maximum Gasteiger partial charge on any atom is 0.227 e. The smallest absolute Gasteiger partial charge is 0.227 e. The third kappa shape index (κ3) is 3.19. The summed E-state index contributed by atoms with van der Waals surface area (Å²) >= 11 is 1.95. The number of nitrogens with zero attached hydrogens (tertiary/aromatic N) is 1. The first-order valence-electron chi connectivity index (χ1n) is 6.84. The van der Waals surface area contributed by atoms with Crippen molar-refractivity contribution in [1.82, 2.24) is 10.2 Å². The van der Waals surface area contributed by atoms with Crippen LogP contribution in [-0.4, -0.2) is 61.2 Å². The third-order valence-electron chi connectivity index (χ3n) is 4.01. The van der Waals surface area contributed by atoms with E-state index in [-0.39, 0.29) is 5.92 Å². The molecule has 2 rings (SSSR count). The molecule has 2 heterocycles. The van der Waals surface area contributed by atoms with Crippen LogP contribution in [0.3, 0.4) is 0 Å². The average Bonchev–Trinajstić information content (AvgIpc) is 3.00. The molecule has 0 aromatic carbocycles. The average molecular weight is 272 g/mol. The maximum atomic E-state index is 12.7. The minimum absolute atomic E-state index is 0.160. The molecule has 5 heteroatoms. The molecule has 3 unspecified atom stereocenters. The molecule has 104 valence electrons. The van der Waals surface area contributed by atoms with Crippen LogP contribution in [0.5, 0.6) is 0 Å². The predicted molar refractivity (Wildman–Crippen MR) is 74.9 cm³/mol. The third-order valence-corrected chi connectivity index (χ3v) is 5.15. The quantitative estimate of drug-likeness (QED) is 0.809. The van der Waals surface area contributed by atoms with Crippen LogP contribution in [0, 0.1) is 5.92 Å². The van der Waals surface area contributed by atoms with Crippen LogP contribution in [0.4, 0.5) is 0 Å². The number of carbonyl (C=O) groups excluding carboxylic acids is 1. The molecule has 0 radical (unpaired) electrons. The number of amides is 1. The van der Waals surface area contributed by atoms with Gasteiger partial charge in [0.2, 0.25) is 5.91 Å². The van der Waals surface area contributed by atoms with Crippen LogP contribution in [0.1, 0.15) is 19.8 Å². The molecule has 0 aromatic rings. The fourth-order valence-corrected chi connectivity index (χ4v) is 4.06. The Morgan fingerprint density at radius 2 is 2.33 bits per heavy atom. The zero-order valence-electron chi connectivity index (χ0n) is 11.4. The number of hydrogen-bond acceptors (Lipinski definition) is 4. The van der Waals surface area contributed by atoms with E-state index in [2.05, 4.69) is 17.1 Å². The summed E-state index contributed by atoms with van der Waals surface area (Å²) in [7, 11) is 1.70. The van der Waals surface area contributed by atoms with E-state index < -0.39 is 0 Å². The van der Waals surface area contributed by atoms with Gasteiger partial charge in [-0.05, 0) is 32.1 Å². The number of carbonyl (C=O) groups is 1. The lowest BCUT2D eigenvalue weighted by atomic mass is 9.99. The minimum atomic E-state index is 0.160. The van der Waals surface area contributed by atoms with E-state index in [1.54, 1.807) is 7.11 Å². The molecular formula is C13H24N2O2S. The Balaban J connectivity index is 1.99. The summed E-state index contributed by atoms with van der Waals surface area (Å²) in [4.78, 5) is 14.8. The summed E-state index contributed by atoms with van der Waals surface area (Å²) in [6, 6.07) is 0.738. The molecular weight excluding hydrogens is 248 g/mol. The van der Waals surface area contributed by atoms with E-state index in [4.69, 9.17) is 4.74 Å². The van der Waals surface area contributed by atoms with E-state index in [0.717, 1.165) is 31.7 Å². The molecule has 0 aromatic heterocycles. The molecule has 3 atom stereocenters. The zero-order chi connectivity index (χ0) is 13.0. The molecule has 2 aliphatic heterocycles. The first-order chi connectivity index (χ1) is 8.74. The van der Waals surface area contributed by atoms with Crippen molar-refractivity contribution in [3.8, 4) is 0 Å². The Bertz CT molecular complexity index is 282. The fraction of sp³-hybridized carbons (Fsp3) is 0.923. The highest BCUT2D eigenvalue weighted by Crippen LogP contribution is 2.26. The van der Waals surface area contributed by atoms with Crippen molar-refractivity contribution >= 4 is 17.7 Å². The molecule has 1 N–H and O–H groups in total. The summed E-state index contributed by atoms with van der Waals surface area (Å²) in [5.74, 6) is 2.76. The number of rotatable bonds is 5. The highest BCUT2D eigenvalue weighted by atomic mass is 32.2. The topological polar surface area (TPSA) is 41.6 Å². The number of thioether (sulfide) groups is 1. The molecule has 2 aliphatic rings. The molecule has 2 saturated heterocycles. The first-order valence-corrected chi connectivity index (χ1v) is 8.00. The van der Waals surface area contributed by atoms with Gasteiger partial charge in [-0.2, -0.15) is 11.8 Å². The standard InChI is InChI=1S/C13H24N2O2S/c1-10-12(3-5-14-10)13(16)15(6-7-17-2)11-4-8-18-9-11/h10-12,14H,3-9H2,1-2H3. The predicted octanol–water partition coefficient (Wildman–Crippen LogP) is 0.965. The van der Waals surface area contributed by atoms with Crippen molar-refractivity contribution in [2.45, 2.75) is 31.8 Å². The van der Waals surface area contributed by atoms with Gasteiger partial charge in [0.25, 0.3) is 0 Å². The van der Waals surface area contributed by atoms with Gasteiger partial charge in [0, 0.05) is 31.5 Å². The highest BCUT2D eigenvalue weighted by Gasteiger charge is 2.36. The number of hydrogen-bond donors (Lipinski definition) is 1. The van der Waals surface area contributed by atoms with E-state index >= 15 is 0 Å². The van der Waals surface area contributed by atoms with Gasteiger partial charge in [-0.3, -0.25) is 4.79 Å². The van der Waals surface area contributed by atoms with Crippen LogP contribution in [0.2, 0.25) is 0 Å². The van der Waals surface area contributed by atoms with Gasteiger partial charge in [0.1, 0.15) is 0 Å². The second kappa shape index (κ2) is 6.78. The van der Waals surface area contributed by atoms with E-state index in [1.807, 2.05) is 11.8 Å². The van der Waals surface area contributed by atoms with Gasteiger partial charge in [-0.1, -0.05) is 0 Å². The minimum Gasteiger partial charge on any atom is -0.383 e. The maximum absolute atomic E-state index is 12.7. The Morgan fingerprint density at radius 3 is 2.89 bits per heavy atom. The summed E-state index contributed by atoms with van der Waals surface area (Å²) < 4.78 is 5.16. The fourth-order valence-electron chi connectivity index (χ4n) is 2.84. The van der Waals surface area contributed by atoms with Crippen LogP contribution in [0.15, 0.2) is 0 Å². The molecule has 0 saturated carbocycles. The van der Waals surface area contributed by atoms with Gasteiger partial charge < -0.3 is 15.0 Å². The number of ether oxygens (including phenoxy) is 1. The van der Waals surface area contributed by atoms with Gasteiger partial charge in [-0.15, -0.1) is 0 Å². The summed E-state index contributed by atoms with van der Waals surface area (Å²) in [5, 5.41) is 3.37. The monoisotopic (exact) mass is 272 g/mol. The molecule has 1 amide bonds. The van der Waals surface area contributed by atoms with Crippen molar-refractivity contribution in [3.63, 3.8) is 0 Å². The van der Waals surface area contributed by atoms with Gasteiger partial charge >= 0.3 is 0 Å². The van der Waals surface area contributed by atoms with Crippen molar-refractivity contribution < 1.29 is 9.53 Å². The lowest BCUT2D eigenvalue weighted by molar-refractivity contribution is -0.138. The van der Waals surface area contributed by atoms with Crippen molar-refractivity contribution in [2.24, 2.45) is 5.92 Å². The van der Waals surface area contributed by atoms with Gasteiger partial charge in [0.05, 0.1) is 12.5 Å². The largest absolute Gasteiger partial charge is 0.383 e. The molecule has 4 nitrogen and oxygen atoms in total. The zero-order valence-corrected chi connectivity index (χ0v) is 12.2. The molecule has 0 aliphatic carbocycles. The Morgan fingerprint density at radius 1 is 1.50 bits per heavy atom. The van der Waals surface area contributed by atoms with E-state index in [1.165, 1.54) is 5.75 Å². The Hall–Kier alpha value is -0.260. The first kappa shape index (κ1) is 14.2. The lowest BCUT2D eigenvalue weighted by Gasteiger charge is -2.31. The SMILES string of the molecule is COCCN(C(=O)C1CCNC1C)C1CCSC1. The highest BCUT2D eigenvalue weighted by molar-refractivity contribution is 7.99. The van der Waals surface area contributed by atoms with Gasteiger partial charge in [-0.25, -0.2) is 0 Å². The Kier molecular flexibility index (Phi) is 5.33. The molecule has 0 spiro atoms. The van der Waals surface area contributed by atoms with E-state index in [0.29, 0.717) is 24.6 Å². The summed E-state index contributed by atoms with van der Waals surface area (Å²) in [5.41, 5.74) is 0. The van der Waals surface area contributed by atoms with Gasteiger partial charge in [0.15, 0.2) is 0 Å². The van der Waals surface area contributed by atoms with E-state index in [9.17, 15) is 4.79 Å². The van der Waals surface area contributed by atoms with Crippen molar-refractivity contribution in [3.05, 3.63) is 0 Å². The lowest BCUT2D eigenvalue weighted by Crippen LogP contribution is -2.47. The summed E-state index contributed by atoms with van der Waals surface area (Å²) in [6.45, 7) is 4.47. The number of nitrogens with one attached hydrogen (secondary N) is 1.